The van der Waals surface area contributed by atoms with E-state index in [-0.39, 0.29) is 36.3 Å². The summed E-state index contributed by atoms with van der Waals surface area (Å²) in [4.78, 5) is 6.01. The molecule has 0 bridgehead atoms. The monoisotopic (exact) mass is 476 g/mol. The molecule has 0 atom stereocenters. The van der Waals surface area contributed by atoms with Gasteiger partial charge < -0.3 is 15.5 Å². The number of benzene rings is 1. The number of alkyl halides is 3. The molecule has 9 heteroatoms. The van der Waals surface area contributed by atoms with Crippen molar-refractivity contribution in [1.29, 1.82) is 0 Å². The van der Waals surface area contributed by atoms with Crippen molar-refractivity contribution in [1.82, 2.24) is 10.6 Å². The van der Waals surface area contributed by atoms with E-state index in [1.807, 2.05) is 6.92 Å². The van der Waals surface area contributed by atoms with Crippen molar-refractivity contribution in [3.8, 4) is 0 Å². The molecular weight excluding hydrogens is 451 g/mol. The molecule has 4 nitrogen and oxygen atoms in total. The zero-order valence-corrected chi connectivity index (χ0v) is 16.7. The second-order valence-corrected chi connectivity index (χ2v) is 5.28. The number of halogens is 5. The van der Waals surface area contributed by atoms with E-state index in [1.54, 1.807) is 30.1 Å². The highest BCUT2D eigenvalue weighted by Crippen LogP contribution is 2.18. The summed E-state index contributed by atoms with van der Waals surface area (Å²) in [6.07, 6.45) is -4.44. The van der Waals surface area contributed by atoms with E-state index in [9.17, 15) is 17.6 Å². The molecule has 0 amide bonds. The van der Waals surface area contributed by atoms with Crippen molar-refractivity contribution >= 4 is 35.6 Å². The molecule has 0 unspecified atom stereocenters. The Kier molecular flexibility index (Phi) is 11.5. The van der Waals surface area contributed by atoms with Crippen molar-refractivity contribution in [3.05, 3.63) is 30.1 Å². The summed E-state index contributed by atoms with van der Waals surface area (Å²) in [5.74, 6) is 0.0703. The van der Waals surface area contributed by atoms with Gasteiger partial charge in [-0.05, 0) is 25.5 Å². The average Bonchev–Trinajstić information content (AvgIpc) is 2.50. The topological polar surface area (TPSA) is 39.7 Å². The largest absolute Gasteiger partial charge is 0.390 e. The van der Waals surface area contributed by atoms with Gasteiger partial charge in [0.25, 0.3) is 0 Å². The van der Waals surface area contributed by atoms with Crippen LogP contribution in [-0.4, -0.2) is 45.4 Å². The van der Waals surface area contributed by atoms with Crippen molar-refractivity contribution in [3.63, 3.8) is 0 Å². The molecule has 0 spiro atoms. The predicted octanol–water partition coefficient (Wildman–Crippen LogP) is 3.78. The van der Waals surface area contributed by atoms with Crippen LogP contribution < -0.4 is 15.5 Å². The lowest BCUT2D eigenvalue weighted by molar-refractivity contribution is -0.132. The molecule has 0 aromatic heterocycles. The lowest BCUT2D eigenvalue weighted by Crippen LogP contribution is -2.39. The molecule has 2 N–H and O–H groups in total. The first-order chi connectivity index (χ1) is 11.3. The fraction of sp³-hybridized carbons (Fsp3) is 0.562. The number of rotatable bonds is 8. The van der Waals surface area contributed by atoms with Crippen molar-refractivity contribution in [2.45, 2.75) is 25.9 Å². The van der Waals surface area contributed by atoms with Crippen LogP contribution in [0.3, 0.4) is 0 Å². The summed E-state index contributed by atoms with van der Waals surface area (Å²) in [7, 11) is 1.79. The molecular formula is C16H25F4IN4. The van der Waals surface area contributed by atoms with Gasteiger partial charge in [0.1, 0.15) is 5.82 Å². The molecule has 0 aliphatic rings. The zero-order valence-electron chi connectivity index (χ0n) is 14.4. The Balaban J connectivity index is 0.00000576. The third kappa shape index (κ3) is 10.4. The van der Waals surface area contributed by atoms with Crippen molar-refractivity contribution in [2.24, 2.45) is 4.99 Å². The zero-order chi connectivity index (χ0) is 18.0. The average molecular weight is 476 g/mol. The normalized spacial score (nSPS) is 11.7. The van der Waals surface area contributed by atoms with Crippen LogP contribution in [-0.2, 0) is 0 Å². The molecule has 25 heavy (non-hydrogen) atoms. The first kappa shape index (κ1) is 23.7. The second kappa shape index (κ2) is 12.2. The second-order valence-electron chi connectivity index (χ2n) is 5.28. The first-order valence-corrected chi connectivity index (χ1v) is 7.88. The Hall–Kier alpha value is -1.26. The van der Waals surface area contributed by atoms with Gasteiger partial charge in [-0.15, -0.1) is 24.0 Å². The number of nitrogens with zero attached hydrogens (tertiary/aromatic N) is 2. The number of guanidine groups is 1. The van der Waals surface area contributed by atoms with Gasteiger partial charge in [-0.3, -0.25) is 4.99 Å². The van der Waals surface area contributed by atoms with E-state index in [1.165, 1.54) is 6.07 Å². The van der Waals surface area contributed by atoms with Crippen molar-refractivity contribution < 1.29 is 17.6 Å². The Morgan fingerprint density at radius 1 is 1.20 bits per heavy atom. The maximum atomic E-state index is 13.6. The molecule has 0 heterocycles. The number of aliphatic imine (C=N–C) groups is 1. The Morgan fingerprint density at radius 2 is 1.88 bits per heavy atom. The van der Waals surface area contributed by atoms with Crippen LogP contribution in [0.1, 0.15) is 19.8 Å². The molecule has 0 aliphatic heterocycles. The predicted molar refractivity (Wildman–Crippen MR) is 104 cm³/mol. The van der Waals surface area contributed by atoms with Gasteiger partial charge in [0.2, 0.25) is 0 Å². The van der Waals surface area contributed by atoms with Gasteiger partial charge in [0.05, 0.1) is 12.1 Å². The van der Waals surface area contributed by atoms with E-state index < -0.39 is 12.6 Å². The quantitative estimate of drug-likeness (QED) is 0.197. The van der Waals surface area contributed by atoms with E-state index in [4.69, 9.17) is 0 Å². The molecule has 0 radical (unpaired) electrons. The highest BCUT2D eigenvalue weighted by molar-refractivity contribution is 14.0. The summed E-state index contributed by atoms with van der Waals surface area (Å²) in [6, 6.07) is 6.49. The van der Waals surface area contributed by atoms with Gasteiger partial charge in [0.15, 0.2) is 5.96 Å². The lowest BCUT2D eigenvalue weighted by atomic mass is 10.2. The summed E-state index contributed by atoms with van der Waals surface area (Å²) >= 11 is 0. The maximum Gasteiger partial charge on any atom is 0.390 e. The maximum absolute atomic E-state index is 13.6. The van der Waals surface area contributed by atoms with Crippen LogP contribution in [0, 0.1) is 5.82 Å². The van der Waals surface area contributed by atoms with E-state index in [0.29, 0.717) is 37.7 Å². The molecule has 0 saturated carbocycles. The van der Waals surface area contributed by atoms with Crippen LogP contribution in [0.25, 0.3) is 0 Å². The molecule has 144 valence electrons. The third-order valence-electron chi connectivity index (χ3n) is 3.23. The molecule has 0 fully saturated rings. The van der Waals surface area contributed by atoms with Crippen LogP contribution in [0.2, 0.25) is 0 Å². The molecule has 1 aromatic carbocycles. The first-order valence-electron chi connectivity index (χ1n) is 7.88. The fourth-order valence-corrected chi connectivity index (χ4v) is 2.04. The molecule has 1 rings (SSSR count). The molecule has 1 aromatic rings. The summed E-state index contributed by atoms with van der Waals surface area (Å²) in [5.41, 5.74) is 0.511. The number of para-hydroxylation sites is 1. The summed E-state index contributed by atoms with van der Waals surface area (Å²) in [6.45, 7) is 3.21. The minimum Gasteiger partial charge on any atom is -0.372 e. The minimum atomic E-state index is -4.19. The molecule has 0 saturated heterocycles. The highest BCUT2D eigenvalue weighted by Gasteiger charge is 2.26. The number of anilines is 1. The Bertz CT molecular complexity index is 523. The minimum absolute atomic E-state index is 0. The van der Waals surface area contributed by atoms with Crippen molar-refractivity contribution in [2.75, 3.05) is 38.1 Å². The number of hydrogen-bond donors (Lipinski definition) is 2. The Morgan fingerprint density at radius 3 is 2.48 bits per heavy atom. The van der Waals surface area contributed by atoms with Gasteiger partial charge in [-0.2, -0.15) is 13.2 Å². The van der Waals surface area contributed by atoms with Gasteiger partial charge in [-0.1, -0.05) is 12.1 Å². The Labute approximate surface area is 163 Å². The molecule has 0 aliphatic carbocycles. The van der Waals surface area contributed by atoms with E-state index >= 15 is 0 Å². The summed E-state index contributed by atoms with van der Waals surface area (Å²) < 4.78 is 50.1. The van der Waals surface area contributed by atoms with E-state index in [0.717, 1.165) is 0 Å². The number of hydrogen-bond acceptors (Lipinski definition) is 2. The third-order valence-corrected chi connectivity index (χ3v) is 3.23. The smallest absolute Gasteiger partial charge is 0.372 e. The van der Waals surface area contributed by atoms with E-state index in [2.05, 4.69) is 15.6 Å². The van der Waals surface area contributed by atoms with Gasteiger partial charge in [-0.25, -0.2) is 4.39 Å². The fourth-order valence-electron chi connectivity index (χ4n) is 2.04. The lowest BCUT2D eigenvalue weighted by Gasteiger charge is -2.19. The SMILES string of the molecule is CCNC(=NCCCN(C)c1ccccc1F)NCCC(F)(F)F.I. The van der Waals surface area contributed by atoms with Crippen LogP contribution in [0.5, 0.6) is 0 Å². The highest BCUT2D eigenvalue weighted by atomic mass is 127. The standard InChI is InChI=1S/C16H24F4N4.HI/c1-3-21-15(23-11-9-16(18,19)20)22-10-6-12-24(2)14-8-5-4-7-13(14)17;/h4-5,7-8H,3,6,9-12H2,1-2H3,(H2,21,22,23);1H. The van der Waals surface area contributed by atoms with Gasteiger partial charge in [0, 0.05) is 33.2 Å². The summed E-state index contributed by atoms with van der Waals surface area (Å²) in [5, 5.41) is 5.55. The van der Waals surface area contributed by atoms with Crippen LogP contribution in [0.15, 0.2) is 29.3 Å². The van der Waals surface area contributed by atoms with Gasteiger partial charge >= 0.3 is 6.18 Å². The van der Waals surface area contributed by atoms with Crippen LogP contribution >= 0.6 is 24.0 Å². The van der Waals surface area contributed by atoms with Crippen LogP contribution in [0.4, 0.5) is 23.2 Å². The number of nitrogens with one attached hydrogen (secondary N) is 2.